The number of nitrogen functional groups attached to an aromatic ring is 1. The molecule has 1 aromatic carbocycles. The molecule has 19 heavy (non-hydrogen) atoms. The molecule has 0 amide bonds. The molecule has 1 saturated carbocycles. The molecule has 6 heteroatoms. The predicted molar refractivity (Wildman–Crippen MR) is 74.6 cm³/mol. The Morgan fingerprint density at radius 2 is 2.21 bits per heavy atom. The third kappa shape index (κ3) is 2.71. The van der Waals surface area contributed by atoms with Crippen molar-refractivity contribution in [1.29, 1.82) is 0 Å². The summed E-state index contributed by atoms with van der Waals surface area (Å²) in [7, 11) is 0. The Balaban J connectivity index is 1.79. The molecule has 0 spiro atoms. The van der Waals surface area contributed by atoms with Crippen molar-refractivity contribution in [1.82, 2.24) is 20.2 Å². The van der Waals surface area contributed by atoms with Crippen LogP contribution in [-0.4, -0.2) is 20.2 Å². The van der Waals surface area contributed by atoms with Gasteiger partial charge in [0.05, 0.1) is 10.7 Å². The number of halogens is 1. The van der Waals surface area contributed by atoms with Crippen molar-refractivity contribution in [3.63, 3.8) is 0 Å². The van der Waals surface area contributed by atoms with Gasteiger partial charge in [0.2, 0.25) is 0 Å². The number of aromatic nitrogens is 4. The molecule has 2 aromatic rings. The maximum atomic E-state index is 6.22. The fourth-order valence-electron chi connectivity index (χ4n) is 2.21. The van der Waals surface area contributed by atoms with Gasteiger partial charge in [-0.3, -0.25) is 0 Å². The number of hydrogen-bond donors (Lipinski definition) is 1. The van der Waals surface area contributed by atoms with Crippen LogP contribution in [0.4, 0.5) is 5.69 Å². The van der Waals surface area contributed by atoms with Gasteiger partial charge in [0.15, 0.2) is 5.82 Å². The molecule has 0 radical (unpaired) electrons. The van der Waals surface area contributed by atoms with E-state index in [1.165, 1.54) is 19.3 Å². The van der Waals surface area contributed by atoms with Crippen LogP contribution < -0.4 is 5.73 Å². The highest BCUT2D eigenvalue weighted by molar-refractivity contribution is 6.35. The Bertz CT molecular complexity index is 576. The van der Waals surface area contributed by atoms with E-state index in [1.807, 2.05) is 16.8 Å². The van der Waals surface area contributed by atoms with Crippen molar-refractivity contribution in [3.8, 4) is 11.4 Å². The van der Waals surface area contributed by atoms with E-state index in [4.69, 9.17) is 17.3 Å². The molecule has 1 fully saturated rings. The maximum absolute atomic E-state index is 6.22. The van der Waals surface area contributed by atoms with E-state index < -0.39 is 0 Å². The van der Waals surface area contributed by atoms with Crippen molar-refractivity contribution < 1.29 is 0 Å². The van der Waals surface area contributed by atoms with Gasteiger partial charge < -0.3 is 5.73 Å². The molecule has 1 aliphatic rings. The van der Waals surface area contributed by atoms with Crippen LogP contribution in [0.3, 0.4) is 0 Å². The van der Waals surface area contributed by atoms with Gasteiger partial charge in [-0.05, 0) is 41.3 Å². The first-order chi connectivity index (χ1) is 9.25. The number of hydrogen-bond acceptors (Lipinski definition) is 4. The van der Waals surface area contributed by atoms with Gasteiger partial charge >= 0.3 is 0 Å². The molecule has 2 N–H and O–H groups in total. The Morgan fingerprint density at radius 1 is 1.37 bits per heavy atom. The number of tetrazole rings is 1. The van der Waals surface area contributed by atoms with Crippen molar-refractivity contribution in [3.05, 3.63) is 23.2 Å². The molecule has 1 aliphatic carbocycles. The second-order valence-electron chi connectivity index (χ2n) is 5.02. The second kappa shape index (κ2) is 5.17. The normalized spacial score (nSPS) is 14.8. The second-order valence-corrected chi connectivity index (χ2v) is 5.40. The summed E-state index contributed by atoms with van der Waals surface area (Å²) in [4.78, 5) is 0. The van der Waals surface area contributed by atoms with Crippen LogP contribution in [0.25, 0.3) is 11.4 Å². The average Bonchev–Trinajstić information content (AvgIpc) is 3.11. The lowest BCUT2D eigenvalue weighted by molar-refractivity contribution is 0.527. The Kier molecular flexibility index (Phi) is 3.38. The van der Waals surface area contributed by atoms with E-state index in [-0.39, 0.29) is 0 Å². The van der Waals surface area contributed by atoms with Crippen molar-refractivity contribution in [2.75, 3.05) is 5.73 Å². The van der Waals surface area contributed by atoms with E-state index in [0.717, 1.165) is 24.4 Å². The zero-order valence-corrected chi connectivity index (χ0v) is 11.3. The van der Waals surface area contributed by atoms with E-state index >= 15 is 0 Å². The minimum atomic E-state index is 0.515. The minimum Gasteiger partial charge on any atom is -0.398 e. The number of aryl methyl sites for hydroxylation is 1. The predicted octanol–water partition coefficient (Wildman–Crippen LogP) is 2.77. The van der Waals surface area contributed by atoms with Gasteiger partial charge in [0.1, 0.15) is 0 Å². The summed E-state index contributed by atoms with van der Waals surface area (Å²) in [5, 5.41) is 12.4. The molecule has 0 atom stereocenters. The molecular weight excluding hydrogens is 262 g/mol. The summed E-state index contributed by atoms with van der Waals surface area (Å²) in [6, 6.07) is 5.52. The highest BCUT2D eigenvalue weighted by Crippen LogP contribution is 2.34. The first-order valence-electron chi connectivity index (χ1n) is 6.56. The van der Waals surface area contributed by atoms with Crippen molar-refractivity contribution >= 4 is 17.3 Å². The molecule has 1 aromatic heterocycles. The van der Waals surface area contributed by atoms with Gasteiger partial charge in [-0.15, -0.1) is 5.10 Å². The zero-order valence-electron chi connectivity index (χ0n) is 10.6. The fourth-order valence-corrected chi connectivity index (χ4v) is 2.42. The molecule has 0 saturated heterocycles. The van der Waals surface area contributed by atoms with Crippen LogP contribution in [0.1, 0.15) is 25.7 Å². The van der Waals surface area contributed by atoms with Gasteiger partial charge in [0, 0.05) is 12.1 Å². The number of nitrogens with two attached hydrogens (primary N) is 1. The summed E-state index contributed by atoms with van der Waals surface area (Å²) < 4.78 is 1.81. The largest absolute Gasteiger partial charge is 0.398 e. The van der Waals surface area contributed by atoms with Crippen LogP contribution in [0, 0.1) is 5.92 Å². The van der Waals surface area contributed by atoms with Gasteiger partial charge in [0.25, 0.3) is 0 Å². The number of anilines is 1. The molecule has 1 heterocycles. The topological polar surface area (TPSA) is 69.6 Å². The lowest BCUT2D eigenvalue weighted by Crippen LogP contribution is -2.04. The van der Waals surface area contributed by atoms with Gasteiger partial charge in [-0.2, -0.15) is 0 Å². The minimum absolute atomic E-state index is 0.515. The molecule has 0 aliphatic heterocycles. The lowest BCUT2D eigenvalue weighted by Gasteiger charge is -2.07. The summed E-state index contributed by atoms with van der Waals surface area (Å²) in [6.45, 7) is 0.823. The van der Waals surface area contributed by atoms with Crippen molar-refractivity contribution in [2.45, 2.75) is 32.2 Å². The highest BCUT2D eigenvalue weighted by atomic mass is 35.5. The number of rotatable bonds is 5. The van der Waals surface area contributed by atoms with Crippen LogP contribution in [0.2, 0.25) is 5.02 Å². The van der Waals surface area contributed by atoms with Crippen LogP contribution in [0.5, 0.6) is 0 Å². The molecule has 3 rings (SSSR count). The number of nitrogens with zero attached hydrogens (tertiary/aromatic N) is 4. The first kappa shape index (κ1) is 12.4. The third-order valence-electron chi connectivity index (χ3n) is 3.48. The molecule has 100 valence electrons. The van der Waals surface area contributed by atoms with E-state index in [2.05, 4.69) is 15.5 Å². The van der Waals surface area contributed by atoms with E-state index in [1.54, 1.807) is 6.07 Å². The van der Waals surface area contributed by atoms with Gasteiger partial charge in [-0.25, -0.2) is 4.68 Å². The fraction of sp³-hybridized carbons (Fsp3) is 0.462. The van der Waals surface area contributed by atoms with Crippen LogP contribution in [0.15, 0.2) is 18.2 Å². The monoisotopic (exact) mass is 277 g/mol. The van der Waals surface area contributed by atoms with E-state index in [9.17, 15) is 0 Å². The molecular formula is C13H16ClN5. The summed E-state index contributed by atoms with van der Waals surface area (Å²) >= 11 is 6.22. The highest BCUT2D eigenvalue weighted by Gasteiger charge is 2.21. The summed E-state index contributed by atoms with van der Waals surface area (Å²) in [5.74, 6) is 1.61. The molecule has 0 bridgehead atoms. The number of benzene rings is 1. The quantitative estimate of drug-likeness (QED) is 0.853. The lowest BCUT2D eigenvalue weighted by atomic mass is 10.2. The van der Waals surface area contributed by atoms with Crippen LogP contribution >= 0.6 is 11.6 Å². The maximum Gasteiger partial charge on any atom is 0.183 e. The molecule has 5 nitrogen and oxygen atoms in total. The SMILES string of the molecule is Nc1cccc(-c2nnnn2CCCC2CC2)c1Cl. The average molecular weight is 278 g/mol. The first-order valence-corrected chi connectivity index (χ1v) is 6.94. The Labute approximate surface area is 116 Å². The Hall–Kier alpha value is -1.62. The standard InChI is InChI=1S/C13H16ClN5/c14-12-10(4-1-5-11(12)15)13-16-17-18-19(13)8-2-3-9-6-7-9/h1,4-5,9H,2-3,6-8,15H2. The molecule has 0 unspecified atom stereocenters. The smallest absolute Gasteiger partial charge is 0.183 e. The third-order valence-corrected chi connectivity index (χ3v) is 3.90. The zero-order chi connectivity index (χ0) is 13.2. The summed E-state index contributed by atoms with van der Waals surface area (Å²) in [6.07, 6.45) is 5.11. The Morgan fingerprint density at radius 3 is 3.00 bits per heavy atom. The van der Waals surface area contributed by atoms with E-state index in [0.29, 0.717) is 16.5 Å². The van der Waals surface area contributed by atoms with Gasteiger partial charge in [-0.1, -0.05) is 30.5 Å². The summed E-state index contributed by atoms with van der Waals surface area (Å²) in [5.41, 5.74) is 7.15. The van der Waals surface area contributed by atoms with Crippen molar-refractivity contribution in [2.24, 2.45) is 5.92 Å². The van der Waals surface area contributed by atoms with Crippen LogP contribution in [-0.2, 0) is 6.54 Å².